The third-order valence-electron chi connectivity index (χ3n) is 1.34. The summed E-state index contributed by atoms with van der Waals surface area (Å²) in [7, 11) is 0. The first-order valence-electron chi connectivity index (χ1n) is 2.87. The molecule has 0 fully saturated rings. The summed E-state index contributed by atoms with van der Waals surface area (Å²) in [5, 5.41) is 0. The molecule has 0 saturated heterocycles. The molecule has 0 radical (unpaired) electrons. The first-order chi connectivity index (χ1) is 4.74. The van der Waals surface area contributed by atoms with Crippen LogP contribution in [0.4, 0.5) is 0 Å². The fourth-order valence-electron chi connectivity index (χ4n) is 0.669. The molecule has 5 heteroatoms. The van der Waals surface area contributed by atoms with Gasteiger partial charge in [-0.15, -0.1) is 0 Å². The predicted octanol–water partition coefficient (Wildman–Crippen LogP) is 1.81. The normalized spacial score (nSPS) is 22.1. The molecule has 56 valence electrons. The number of hydrogen-bond donors (Lipinski definition) is 1. The van der Waals surface area contributed by atoms with Gasteiger partial charge in [-0.1, -0.05) is 0 Å². The summed E-state index contributed by atoms with van der Waals surface area (Å²) in [4.78, 5) is 6.42. The van der Waals surface area contributed by atoms with E-state index in [1.54, 1.807) is 0 Å². The molecule has 0 aromatic heterocycles. The Bertz CT molecular complexity index is 184. The van der Waals surface area contributed by atoms with Crippen LogP contribution in [0.5, 0.6) is 0 Å². The van der Waals surface area contributed by atoms with Crippen molar-refractivity contribution < 1.29 is 14.3 Å². The second kappa shape index (κ2) is 3.03. The Morgan fingerprint density at radius 1 is 1.70 bits per heavy atom. The molecule has 4 nitrogen and oxygen atoms in total. The lowest BCUT2D eigenvalue weighted by molar-refractivity contribution is -0.801. The van der Waals surface area contributed by atoms with Gasteiger partial charge in [-0.3, -0.25) is 0 Å². The molecule has 1 rings (SSSR count). The largest absolute Gasteiger partial charge is 0.307 e. The Morgan fingerprint density at radius 2 is 2.40 bits per heavy atom. The van der Waals surface area contributed by atoms with Gasteiger partial charge in [0.05, 0.1) is 0 Å². The highest BCUT2D eigenvalue weighted by Gasteiger charge is 2.22. The summed E-state index contributed by atoms with van der Waals surface area (Å²) < 4.78 is 11.9. The molecule has 0 aliphatic carbocycles. The highest BCUT2D eigenvalue weighted by atomic mass is 32.2. The summed E-state index contributed by atoms with van der Waals surface area (Å²) in [6.45, 7) is 4.47. The molecule has 0 aromatic rings. The Labute approximate surface area is 63.5 Å². The van der Waals surface area contributed by atoms with Crippen molar-refractivity contribution in [3.8, 4) is 0 Å². The van der Waals surface area contributed by atoms with Crippen molar-refractivity contribution in [1.29, 1.82) is 0 Å². The van der Waals surface area contributed by atoms with E-state index in [0.29, 0.717) is 18.8 Å². The standard InChI is InChI=1S/C5H8N2O2S/c1-4-3-7(6-10-8)9-5(4)2/h3H2,1-2H3/p+1. The van der Waals surface area contributed by atoms with Gasteiger partial charge in [0.2, 0.25) is 18.8 Å². The highest BCUT2D eigenvalue weighted by molar-refractivity contribution is 7.92. The van der Waals surface area contributed by atoms with Crippen LogP contribution in [-0.4, -0.2) is 16.0 Å². The molecule has 0 saturated carbocycles. The molecule has 0 unspecified atom stereocenters. The van der Waals surface area contributed by atoms with E-state index in [9.17, 15) is 0 Å². The van der Waals surface area contributed by atoms with Gasteiger partial charge in [0, 0.05) is 12.5 Å². The first kappa shape index (κ1) is 7.56. The quantitative estimate of drug-likeness (QED) is 0.362. The van der Waals surface area contributed by atoms with Crippen molar-refractivity contribution in [3.63, 3.8) is 0 Å². The van der Waals surface area contributed by atoms with Crippen LogP contribution in [0.15, 0.2) is 15.9 Å². The van der Waals surface area contributed by atoms with E-state index >= 15 is 0 Å². The van der Waals surface area contributed by atoms with Crippen LogP contribution in [0.1, 0.15) is 13.8 Å². The van der Waals surface area contributed by atoms with Crippen LogP contribution >= 0.6 is 12.2 Å². The van der Waals surface area contributed by atoms with Crippen LogP contribution < -0.4 is 0 Å². The average Bonchev–Trinajstić information content (AvgIpc) is 2.14. The molecular weight excluding hydrogens is 152 g/mol. The molecule has 10 heavy (non-hydrogen) atoms. The predicted molar refractivity (Wildman–Crippen MR) is 37.2 cm³/mol. The minimum atomic E-state index is 0.402. The molecule has 0 bridgehead atoms. The molecule has 1 aliphatic heterocycles. The smallest absolute Gasteiger partial charge is 0.248 e. The van der Waals surface area contributed by atoms with Gasteiger partial charge in [0.25, 0.3) is 0 Å². The maximum Gasteiger partial charge on any atom is 0.248 e. The van der Waals surface area contributed by atoms with Crippen molar-refractivity contribution >= 4 is 12.2 Å². The van der Waals surface area contributed by atoms with Crippen molar-refractivity contribution in [3.05, 3.63) is 11.3 Å². The fourth-order valence-corrected chi connectivity index (χ4v) is 0.841. The Morgan fingerprint density at radius 3 is 2.80 bits per heavy atom. The van der Waals surface area contributed by atoms with Crippen LogP contribution in [0, 0.1) is 0 Å². The molecule has 0 amide bonds. The van der Waals surface area contributed by atoms with E-state index in [2.05, 4.69) is 4.52 Å². The van der Waals surface area contributed by atoms with Crippen LogP contribution in [0.25, 0.3) is 0 Å². The van der Waals surface area contributed by atoms with E-state index in [0.717, 1.165) is 11.3 Å². The summed E-state index contributed by atoms with van der Waals surface area (Å²) >= 11 is 0.402. The maximum absolute atomic E-state index is 8.31. The lowest BCUT2D eigenvalue weighted by Crippen LogP contribution is -2.01. The second-order valence-electron chi connectivity index (χ2n) is 2.10. The Kier molecular flexibility index (Phi) is 2.29. The second-order valence-corrected chi connectivity index (χ2v) is 2.43. The van der Waals surface area contributed by atoms with Gasteiger partial charge in [-0.25, -0.2) is 4.84 Å². The molecule has 0 spiro atoms. The van der Waals surface area contributed by atoms with Crippen molar-refractivity contribution in [2.75, 3.05) is 6.54 Å². The van der Waals surface area contributed by atoms with Gasteiger partial charge < -0.3 is 4.55 Å². The zero-order valence-electron chi connectivity index (χ0n) is 5.87. The van der Waals surface area contributed by atoms with E-state index < -0.39 is 0 Å². The van der Waals surface area contributed by atoms with E-state index in [1.807, 2.05) is 13.8 Å². The lowest BCUT2D eigenvalue weighted by Gasteiger charge is -1.84. The SMILES string of the molecule is CC1=C(C)O[N+](=NSO)C1. The maximum atomic E-state index is 8.31. The van der Waals surface area contributed by atoms with E-state index in [1.165, 1.54) is 4.86 Å². The molecule has 1 aliphatic rings. The van der Waals surface area contributed by atoms with Crippen LogP contribution in [-0.2, 0) is 4.84 Å². The number of rotatable bonds is 1. The Balaban J connectivity index is 2.59. The highest BCUT2D eigenvalue weighted by Crippen LogP contribution is 2.15. The number of nitrogens with zero attached hydrogens (tertiary/aromatic N) is 2. The monoisotopic (exact) mass is 161 g/mol. The van der Waals surface area contributed by atoms with Gasteiger partial charge in [0.15, 0.2) is 5.76 Å². The summed E-state index contributed by atoms with van der Waals surface area (Å²) in [5.41, 5.74) is 1.14. The number of hydroxylamine groups is 1. The van der Waals surface area contributed by atoms with Crippen LogP contribution in [0.2, 0.25) is 0 Å². The molecule has 1 N–H and O–H groups in total. The van der Waals surface area contributed by atoms with Gasteiger partial charge in [-0.2, -0.15) is 0 Å². The fraction of sp³-hybridized carbons (Fsp3) is 0.600. The van der Waals surface area contributed by atoms with E-state index in [4.69, 9.17) is 9.39 Å². The zero-order chi connectivity index (χ0) is 7.56. The van der Waals surface area contributed by atoms with E-state index in [-0.39, 0.29) is 0 Å². The zero-order valence-corrected chi connectivity index (χ0v) is 6.68. The lowest BCUT2D eigenvalue weighted by atomic mass is 10.3. The number of hydrogen-bond acceptors (Lipinski definition) is 4. The third kappa shape index (κ3) is 1.48. The molecule has 1 heterocycles. The minimum Gasteiger partial charge on any atom is -0.307 e. The topological polar surface area (TPSA) is 44.8 Å². The number of allylic oxidation sites excluding steroid dienone is 1. The van der Waals surface area contributed by atoms with Crippen LogP contribution in [0.3, 0.4) is 0 Å². The summed E-state index contributed by atoms with van der Waals surface area (Å²) in [5.74, 6) is 0.859. The minimum absolute atomic E-state index is 0.402. The van der Waals surface area contributed by atoms with Gasteiger partial charge >= 0.3 is 0 Å². The average molecular weight is 161 g/mol. The van der Waals surface area contributed by atoms with Crippen molar-refractivity contribution in [1.82, 2.24) is 0 Å². The molecule has 0 atom stereocenters. The van der Waals surface area contributed by atoms with Crippen molar-refractivity contribution in [2.24, 2.45) is 4.52 Å². The molecule has 0 aromatic carbocycles. The van der Waals surface area contributed by atoms with Crippen molar-refractivity contribution in [2.45, 2.75) is 13.8 Å². The summed E-state index contributed by atoms with van der Waals surface area (Å²) in [6, 6.07) is 0. The molecular formula is C5H9N2O2S+. The summed E-state index contributed by atoms with van der Waals surface area (Å²) in [6.07, 6.45) is 0. The van der Waals surface area contributed by atoms with Gasteiger partial charge in [-0.05, 0) is 6.92 Å². The first-order valence-corrected chi connectivity index (χ1v) is 3.60. The van der Waals surface area contributed by atoms with Gasteiger partial charge in [0.1, 0.15) is 9.38 Å². The Hall–Kier alpha value is -0.550. The third-order valence-corrected chi connectivity index (χ3v) is 1.60.